The van der Waals surface area contributed by atoms with Crippen LogP contribution in [-0.4, -0.2) is 5.78 Å². The third-order valence-corrected chi connectivity index (χ3v) is 3.68. The van der Waals surface area contributed by atoms with Crippen molar-refractivity contribution in [3.8, 4) is 0 Å². The van der Waals surface area contributed by atoms with Gasteiger partial charge in [0.15, 0.2) is 5.78 Å². The Morgan fingerprint density at radius 1 is 1.27 bits per heavy atom. The zero-order valence-electron chi connectivity index (χ0n) is 9.49. The number of hydrogen-bond acceptors (Lipinski definition) is 1. The normalized spacial score (nSPS) is 19.7. The van der Waals surface area contributed by atoms with Crippen LogP contribution < -0.4 is 0 Å². The zero-order chi connectivity index (χ0) is 10.8. The van der Waals surface area contributed by atoms with Crippen molar-refractivity contribution >= 4 is 5.78 Å². The molecule has 2 rings (SSSR count). The molecule has 0 saturated heterocycles. The van der Waals surface area contributed by atoms with E-state index in [0.717, 1.165) is 24.8 Å². The van der Waals surface area contributed by atoms with Crippen LogP contribution in [0, 0.1) is 11.8 Å². The number of benzene rings is 1. The summed E-state index contributed by atoms with van der Waals surface area (Å²) in [6, 6.07) is 8.06. The van der Waals surface area contributed by atoms with Crippen LogP contribution in [0.15, 0.2) is 24.3 Å². The minimum absolute atomic E-state index is 0.248. The number of carbonyl (C=O) groups excluding carboxylic acids is 1. The molecule has 0 heterocycles. The predicted octanol–water partition coefficient (Wildman–Crippen LogP) is 3.48. The van der Waals surface area contributed by atoms with E-state index in [2.05, 4.69) is 19.9 Å². The lowest BCUT2D eigenvalue weighted by atomic mass is 9.85. The third-order valence-electron chi connectivity index (χ3n) is 3.68. The standard InChI is InChI=1S/C14H18O/c1-3-10(4-2)13-9-11-7-5-6-8-12(11)14(13)15/h5-8,10,13H,3-4,9H2,1-2H3. The minimum atomic E-state index is 0.248. The highest BCUT2D eigenvalue weighted by molar-refractivity contribution is 6.02. The molecule has 1 unspecified atom stereocenters. The van der Waals surface area contributed by atoms with Gasteiger partial charge in [-0.3, -0.25) is 4.79 Å². The maximum absolute atomic E-state index is 12.2. The van der Waals surface area contributed by atoms with Crippen molar-refractivity contribution in [1.29, 1.82) is 0 Å². The molecule has 0 spiro atoms. The SMILES string of the molecule is CCC(CC)C1Cc2ccccc2C1=O. The van der Waals surface area contributed by atoms with E-state index in [1.807, 2.05) is 18.2 Å². The summed E-state index contributed by atoms with van der Waals surface area (Å²) >= 11 is 0. The molecule has 80 valence electrons. The summed E-state index contributed by atoms with van der Waals surface area (Å²) in [6.45, 7) is 4.37. The predicted molar refractivity (Wildman–Crippen MR) is 62.0 cm³/mol. The van der Waals surface area contributed by atoms with E-state index in [9.17, 15) is 4.79 Å². The van der Waals surface area contributed by atoms with Gasteiger partial charge in [0.05, 0.1) is 0 Å². The molecule has 1 aromatic carbocycles. The topological polar surface area (TPSA) is 17.1 Å². The summed E-state index contributed by atoms with van der Waals surface area (Å²) in [4.78, 5) is 12.2. The Balaban J connectivity index is 2.27. The number of rotatable bonds is 3. The van der Waals surface area contributed by atoms with Crippen molar-refractivity contribution in [2.45, 2.75) is 33.1 Å². The Kier molecular flexibility index (Phi) is 2.90. The van der Waals surface area contributed by atoms with E-state index < -0.39 is 0 Å². The second-order valence-corrected chi connectivity index (χ2v) is 4.41. The summed E-state index contributed by atoms with van der Waals surface area (Å²) in [6.07, 6.45) is 3.18. The molecule has 0 radical (unpaired) electrons. The molecule has 0 amide bonds. The molecule has 0 saturated carbocycles. The molecular weight excluding hydrogens is 184 g/mol. The van der Waals surface area contributed by atoms with Crippen LogP contribution in [0.4, 0.5) is 0 Å². The van der Waals surface area contributed by atoms with Gasteiger partial charge < -0.3 is 0 Å². The quantitative estimate of drug-likeness (QED) is 0.733. The van der Waals surface area contributed by atoms with Crippen molar-refractivity contribution in [3.05, 3.63) is 35.4 Å². The smallest absolute Gasteiger partial charge is 0.166 e. The summed E-state index contributed by atoms with van der Waals surface area (Å²) in [7, 11) is 0. The fraction of sp³-hybridized carbons (Fsp3) is 0.500. The van der Waals surface area contributed by atoms with Crippen molar-refractivity contribution in [2.24, 2.45) is 11.8 Å². The molecule has 15 heavy (non-hydrogen) atoms. The molecule has 0 aromatic heterocycles. The van der Waals surface area contributed by atoms with Gasteiger partial charge in [-0.05, 0) is 17.9 Å². The molecule has 0 fully saturated rings. The zero-order valence-corrected chi connectivity index (χ0v) is 9.49. The van der Waals surface area contributed by atoms with Gasteiger partial charge in [0, 0.05) is 11.5 Å². The van der Waals surface area contributed by atoms with Gasteiger partial charge in [-0.25, -0.2) is 0 Å². The van der Waals surface area contributed by atoms with E-state index in [1.54, 1.807) is 0 Å². The lowest BCUT2D eigenvalue weighted by molar-refractivity contribution is 0.0887. The Bertz CT molecular complexity index is 363. The van der Waals surface area contributed by atoms with Gasteiger partial charge in [0.2, 0.25) is 0 Å². The highest BCUT2D eigenvalue weighted by atomic mass is 16.1. The Morgan fingerprint density at radius 3 is 2.53 bits per heavy atom. The number of fused-ring (bicyclic) bond motifs is 1. The van der Waals surface area contributed by atoms with Crippen molar-refractivity contribution < 1.29 is 4.79 Å². The lowest BCUT2D eigenvalue weighted by Gasteiger charge is -2.18. The van der Waals surface area contributed by atoms with Crippen molar-refractivity contribution in [3.63, 3.8) is 0 Å². The second kappa shape index (κ2) is 4.18. The first-order chi connectivity index (χ1) is 7.27. The molecule has 1 aromatic rings. The summed E-state index contributed by atoms with van der Waals surface area (Å²) in [5.74, 6) is 1.18. The number of carbonyl (C=O) groups is 1. The Morgan fingerprint density at radius 2 is 1.93 bits per heavy atom. The third kappa shape index (κ3) is 1.71. The van der Waals surface area contributed by atoms with Crippen molar-refractivity contribution in [2.75, 3.05) is 0 Å². The van der Waals surface area contributed by atoms with Crippen LogP contribution in [0.1, 0.15) is 42.6 Å². The van der Waals surface area contributed by atoms with Gasteiger partial charge in [0.25, 0.3) is 0 Å². The van der Waals surface area contributed by atoms with E-state index in [1.165, 1.54) is 5.56 Å². The number of ketones is 1. The Hall–Kier alpha value is -1.11. The average molecular weight is 202 g/mol. The van der Waals surface area contributed by atoms with Crippen LogP contribution in [0.5, 0.6) is 0 Å². The van der Waals surface area contributed by atoms with Gasteiger partial charge in [0.1, 0.15) is 0 Å². The number of hydrogen-bond donors (Lipinski definition) is 0. The molecular formula is C14H18O. The molecule has 0 bridgehead atoms. The largest absolute Gasteiger partial charge is 0.294 e. The van der Waals surface area contributed by atoms with Crippen LogP contribution in [0.25, 0.3) is 0 Å². The average Bonchev–Trinajstić information content (AvgIpc) is 2.60. The maximum atomic E-state index is 12.2. The van der Waals surface area contributed by atoms with Crippen LogP contribution in [0.2, 0.25) is 0 Å². The van der Waals surface area contributed by atoms with Gasteiger partial charge >= 0.3 is 0 Å². The van der Waals surface area contributed by atoms with Gasteiger partial charge in [-0.1, -0.05) is 51.0 Å². The lowest BCUT2D eigenvalue weighted by Crippen LogP contribution is -2.19. The fourth-order valence-corrected chi connectivity index (χ4v) is 2.71. The first-order valence-electron chi connectivity index (χ1n) is 5.90. The summed E-state index contributed by atoms with van der Waals surface area (Å²) in [5.41, 5.74) is 2.22. The van der Waals surface area contributed by atoms with Crippen LogP contribution in [0.3, 0.4) is 0 Å². The number of Topliss-reactive ketones (excluding diaryl/α,β-unsaturated/α-hetero) is 1. The van der Waals surface area contributed by atoms with Crippen LogP contribution >= 0.6 is 0 Å². The first kappa shape index (κ1) is 10.4. The van der Waals surface area contributed by atoms with Gasteiger partial charge in [-0.2, -0.15) is 0 Å². The van der Waals surface area contributed by atoms with E-state index in [4.69, 9.17) is 0 Å². The molecule has 1 atom stereocenters. The van der Waals surface area contributed by atoms with Gasteiger partial charge in [-0.15, -0.1) is 0 Å². The minimum Gasteiger partial charge on any atom is -0.294 e. The van der Waals surface area contributed by atoms with E-state index in [0.29, 0.717) is 11.7 Å². The molecule has 1 heteroatoms. The Labute approximate surface area is 91.5 Å². The highest BCUT2D eigenvalue weighted by Crippen LogP contribution is 2.34. The first-order valence-corrected chi connectivity index (χ1v) is 5.90. The van der Waals surface area contributed by atoms with Crippen LogP contribution in [-0.2, 0) is 6.42 Å². The van der Waals surface area contributed by atoms with E-state index >= 15 is 0 Å². The molecule has 1 aliphatic rings. The summed E-state index contributed by atoms with van der Waals surface area (Å²) < 4.78 is 0. The molecule has 1 aliphatic carbocycles. The summed E-state index contributed by atoms with van der Waals surface area (Å²) in [5, 5.41) is 0. The molecule has 0 aliphatic heterocycles. The highest BCUT2D eigenvalue weighted by Gasteiger charge is 2.34. The maximum Gasteiger partial charge on any atom is 0.166 e. The monoisotopic (exact) mass is 202 g/mol. The van der Waals surface area contributed by atoms with E-state index in [-0.39, 0.29) is 5.92 Å². The molecule has 0 N–H and O–H groups in total. The fourth-order valence-electron chi connectivity index (χ4n) is 2.71. The second-order valence-electron chi connectivity index (χ2n) is 4.41. The molecule has 1 nitrogen and oxygen atoms in total. The van der Waals surface area contributed by atoms with Crippen molar-refractivity contribution in [1.82, 2.24) is 0 Å².